The second-order valence-electron chi connectivity index (χ2n) is 3.60. The highest BCUT2D eigenvalue weighted by atomic mass is 32.1. The first kappa shape index (κ1) is 12.4. The van der Waals surface area contributed by atoms with E-state index in [2.05, 4.69) is 10.5 Å². The van der Waals surface area contributed by atoms with Gasteiger partial charge in [-0.05, 0) is 29.1 Å². The Hall–Kier alpha value is -2.01. The van der Waals surface area contributed by atoms with E-state index in [-0.39, 0.29) is 11.7 Å². The Morgan fingerprint density at radius 2 is 2.11 bits per heavy atom. The standard InChI is InChI=1S/C13H11FN2OS/c14-11-5-3-10(4-6-11)9-15-16-13(17)8-12-2-1-7-18-12/h1-7,9H,8H2,(H,16,17)/b15-9-. The van der Waals surface area contributed by atoms with Gasteiger partial charge in [-0.2, -0.15) is 5.10 Å². The molecule has 0 bridgehead atoms. The van der Waals surface area contributed by atoms with Crippen LogP contribution in [0.5, 0.6) is 0 Å². The summed E-state index contributed by atoms with van der Waals surface area (Å²) in [7, 11) is 0. The van der Waals surface area contributed by atoms with E-state index < -0.39 is 0 Å². The van der Waals surface area contributed by atoms with Crippen LogP contribution in [0.25, 0.3) is 0 Å². The Balaban J connectivity index is 1.84. The van der Waals surface area contributed by atoms with Gasteiger partial charge in [0.15, 0.2) is 0 Å². The normalized spacial score (nSPS) is 10.7. The summed E-state index contributed by atoms with van der Waals surface area (Å²) in [6.07, 6.45) is 1.80. The fourth-order valence-corrected chi connectivity index (χ4v) is 2.04. The maximum absolute atomic E-state index is 12.6. The Labute approximate surface area is 108 Å². The Morgan fingerprint density at radius 3 is 2.78 bits per heavy atom. The van der Waals surface area contributed by atoms with Crippen molar-refractivity contribution in [1.29, 1.82) is 0 Å². The number of carbonyl (C=O) groups excluding carboxylic acids is 1. The predicted octanol–water partition coefficient (Wildman–Crippen LogP) is 2.58. The van der Waals surface area contributed by atoms with Gasteiger partial charge in [-0.15, -0.1) is 11.3 Å². The van der Waals surface area contributed by atoms with Gasteiger partial charge in [0.25, 0.3) is 0 Å². The number of hydrazone groups is 1. The fraction of sp³-hybridized carbons (Fsp3) is 0.0769. The third-order valence-corrected chi connectivity index (χ3v) is 3.06. The smallest absolute Gasteiger partial charge is 0.245 e. The maximum Gasteiger partial charge on any atom is 0.245 e. The molecule has 18 heavy (non-hydrogen) atoms. The SMILES string of the molecule is O=C(Cc1cccs1)N/N=C\c1ccc(F)cc1. The number of benzene rings is 1. The first-order valence-electron chi connectivity index (χ1n) is 5.34. The first-order valence-corrected chi connectivity index (χ1v) is 6.22. The summed E-state index contributed by atoms with van der Waals surface area (Å²) in [6, 6.07) is 9.65. The minimum Gasteiger partial charge on any atom is -0.273 e. The van der Waals surface area contributed by atoms with E-state index in [4.69, 9.17) is 0 Å². The van der Waals surface area contributed by atoms with Crippen molar-refractivity contribution in [2.24, 2.45) is 5.10 Å². The fourth-order valence-electron chi connectivity index (χ4n) is 1.34. The van der Waals surface area contributed by atoms with E-state index >= 15 is 0 Å². The molecule has 1 aromatic carbocycles. The zero-order chi connectivity index (χ0) is 12.8. The van der Waals surface area contributed by atoms with Crippen LogP contribution in [0.2, 0.25) is 0 Å². The Bertz CT molecular complexity index is 535. The number of halogens is 1. The van der Waals surface area contributed by atoms with Crippen LogP contribution in [0.3, 0.4) is 0 Å². The van der Waals surface area contributed by atoms with Crippen molar-refractivity contribution >= 4 is 23.5 Å². The summed E-state index contributed by atoms with van der Waals surface area (Å²) in [5, 5.41) is 5.73. The van der Waals surface area contributed by atoms with E-state index in [1.807, 2.05) is 17.5 Å². The first-order chi connectivity index (χ1) is 8.74. The van der Waals surface area contributed by atoms with Gasteiger partial charge in [-0.1, -0.05) is 18.2 Å². The van der Waals surface area contributed by atoms with Crippen LogP contribution in [-0.4, -0.2) is 12.1 Å². The second-order valence-corrected chi connectivity index (χ2v) is 4.63. The van der Waals surface area contributed by atoms with Gasteiger partial charge in [-0.3, -0.25) is 4.79 Å². The summed E-state index contributed by atoms with van der Waals surface area (Å²) in [5.41, 5.74) is 3.16. The lowest BCUT2D eigenvalue weighted by molar-refractivity contribution is -0.120. The molecule has 3 nitrogen and oxygen atoms in total. The van der Waals surface area contributed by atoms with Crippen LogP contribution in [0.1, 0.15) is 10.4 Å². The molecule has 1 N–H and O–H groups in total. The summed E-state index contributed by atoms with van der Waals surface area (Å²) >= 11 is 1.53. The molecule has 0 aliphatic heterocycles. The predicted molar refractivity (Wildman–Crippen MR) is 70.2 cm³/mol. The number of carbonyl (C=O) groups is 1. The van der Waals surface area contributed by atoms with Crippen molar-refractivity contribution in [1.82, 2.24) is 5.43 Å². The molecule has 0 radical (unpaired) electrons. The lowest BCUT2D eigenvalue weighted by Crippen LogP contribution is -2.19. The summed E-state index contributed by atoms with van der Waals surface area (Å²) in [5.74, 6) is -0.468. The second kappa shape index (κ2) is 6.07. The minimum absolute atomic E-state index is 0.171. The summed E-state index contributed by atoms with van der Waals surface area (Å²) in [4.78, 5) is 12.5. The largest absolute Gasteiger partial charge is 0.273 e. The Morgan fingerprint density at radius 1 is 1.33 bits per heavy atom. The summed E-state index contributed by atoms with van der Waals surface area (Å²) in [6.45, 7) is 0. The zero-order valence-corrected chi connectivity index (χ0v) is 10.3. The molecule has 0 atom stereocenters. The lowest BCUT2D eigenvalue weighted by Gasteiger charge is -1.97. The molecule has 1 aromatic heterocycles. The van der Waals surface area contributed by atoms with Gasteiger partial charge in [0.05, 0.1) is 12.6 Å². The number of nitrogens with one attached hydrogen (secondary N) is 1. The molecular weight excluding hydrogens is 251 g/mol. The topological polar surface area (TPSA) is 41.5 Å². The van der Waals surface area contributed by atoms with Gasteiger partial charge in [0, 0.05) is 4.88 Å². The van der Waals surface area contributed by atoms with Crippen molar-refractivity contribution in [3.63, 3.8) is 0 Å². The van der Waals surface area contributed by atoms with E-state index in [0.717, 1.165) is 10.4 Å². The Kier molecular flexibility index (Phi) is 4.20. The zero-order valence-electron chi connectivity index (χ0n) is 9.47. The molecule has 0 aliphatic carbocycles. The number of thiophene rings is 1. The van der Waals surface area contributed by atoms with Gasteiger partial charge in [0.1, 0.15) is 5.82 Å². The highest BCUT2D eigenvalue weighted by Crippen LogP contribution is 2.08. The molecule has 92 valence electrons. The van der Waals surface area contributed by atoms with E-state index in [1.165, 1.54) is 29.7 Å². The van der Waals surface area contributed by atoms with Gasteiger partial charge in [0.2, 0.25) is 5.91 Å². The maximum atomic E-state index is 12.6. The quantitative estimate of drug-likeness (QED) is 0.668. The monoisotopic (exact) mass is 262 g/mol. The molecule has 0 aliphatic rings. The van der Waals surface area contributed by atoms with Crippen molar-refractivity contribution in [3.8, 4) is 0 Å². The van der Waals surface area contributed by atoms with Crippen molar-refractivity contribution in [2.75, 3.05) is 0 Å². The number of hydrogen-bond acceptors (Lipinski definition) is 3. The van der Waals surface area contributed by atoms with Gasteiger partial charge >= 0.3 is 0 Å². The molecule has 1 amide bonds. The molecule has 1 heterocycles. The molecule has 0 spiro atoms. The number of hydrogen-bond donors (Lipinski definition) is 1. The lowest BCUT2D eigenvalue weighted by atomic mass is 10.2. The van der Waals surface area contributed by atoms with Crippen molar-refractivity contribution in [3.05, 3.63) is 58.0 Å². The van der Waals surface area contributed by atoms with E-state index in [9.17, 15) is 9.18 Å². The third kappa shape index (κ3) is 3.78. The number of nitrogens with zero attached hydrogens (tertiary/aromatic N) is 1. The molecule has 2 aromatic rings. The van der Waals surface area contributed by atoms with Gasteiger partial charge in [-0.25, -0.2) is 9.82 Å². The van der Waals surface area contributed by atoms with Gasteiger partial charge < -0.3 is 0 Å². The van der Waals surface area contributed by atoms with Crippen LogP contribution in [0.4, 0.5) is 4.39 Å². The van der Waals surface area contributed by atoms with Crippen molar-refractivity contribution in [2.45, 2.75) is 6.42 Å². The molecule has 0 fully saturated rings. The molecule has 0 unspecified atom stereocenters. The highest BCUT2D eigenvalue weighted by Gasteiger charge is 2.01. The van der Waals surface area contributed by atoms with Crippen LogP contribution < -0.4 is 5.43 Å². The molecule has 0 saturated carbocycles. The molecular formula is C13H11FN2OS. The summed E-state index contributed by atoms with van der Waals surface area (Å²) < 4.78 is 12.6. The average Bonchev–Trinajstić information content (AvgIpc) is 2.84. The van der Waals surface area contributed by atoms with Crippen LogP contribution in [0.15, 0.2) is 46.9 Å². The average molecular weight is 262 g/mol. The number of rotatable bonds is 4. The molecule has 5 heteroatoms. The van der Waals surface area contributed by atoms with Crippen LogP contribution in [-0.2, 0) is 11.2 Å². The van der Waals surface area contributed by atoms with E-state index in [1.54, 1.807) is 12.1 Å². The van der Waals surface area contributed by atoms with Crippen LogP contribution >= 0.6 is 11.3 Å². The van der Waals surface area contributed by atoms with E-state index in [0.29, 0.717) is 6.42 Å². The molecule has 0 saturated heterocycles. The van der Waals surface area contributed by atoms with Crippen molar-refractivity contribution < 1.29 is 9.18 Å². The number of amides is 1. The molecule has 2 rings (SSSR count). The highest BCUT2D eigenvalue weighted by molar-refractivity contribution is 7.10. The third-order valence-electron chi connectivity index (χ3n) is 2.19. The van der Waals surface area contributed by atoms with Crippen LogP contribution in [0, 0.1) is 5.82 Å². The minimum atomic E-state index is -0.297.